The molecule has 2 aliphatic heterocycles. The molecule has 2 aliphatic rings. The highest BCUT2D eigenvalue weighted by Gasteiger charge is 2.28. The number of nitrogens with zero attached hydrogens (tertiary/aromatic N) is 3. The third kappa shape index (κ3) is 7.20. The monoisotopic (exact) mass is 381 g/mol. The molecule has 0 bridgehead atoms. The van der Waals surface area contributed by atoms with Crippen molar-refractivity contribution in [2.75, 3.05) is 39.8 Å². The van der Waals surface area contributed by atoms with Crippen LogP contribution >= 0.6 is 0 Å². The van der Waals surface area contributed by atoms with Crippen molar-refractivity contribution in [3.05, 3.63) is 0 Å². The summed E-state index contributed by atoms with van der Waals surface area (Å²) in [5.41, 5.74) is -0.468. The Bertz CT molecular complexity index is 515. The Labute approximate surface area is 164 Å². The van der Waals surface area contributed by atoms with Gasteiger partial charge in [-0.25, -0.2) is 4.79 Å². The lowest BCUT2D eigenvalue weighted by Crippen LogP contribution is -2.47. The summed E-state index contributed by atoms with van der Waals surface area (Å²) in [4.78, 5) is 21.2. The first-order valence-electron chi connectivity index (χ1n) is 10.4. The molecule has 0 aromatic carbocycles. The number of carbonyl (C=O) groups excluding carboxylic acids is 1. The van der Waals surface area contributed by atoms with Gasteiger partial charge in [-0.05, 0) is 66.3 Å². The molecule has 27 heavy (non-hydrogen) atoms. The fraction of sp³-hybridized carbons (Fsp3) is 0.900. The van der Waals surface area contributed by atoms with E-state index in [0.29, 0.717) is 12.0 Å². The zero-order valence-electron chi connectivity index (χ0n) is 18.0. The van der Waals surface area contributed by atoms with E-state index in [0.717, 1.165) is 38.6 Å². The van der Waals surface area contributed by atoms with Gasteiger partial charge in [-0.1, -0.05) is 0 Å². The molecule has 2 fully saturated rings. The number of nitrogens with one attached hydrogen (secondary N) is 2. The van der Waals surface area contributed by atoms with E-state index in [9.17, 15) is 4.79 Å². The fourth-order valence-electron chi connectivity index (χ4n) is 3.85. The fourth-order valence-corrected chi connectivity index (χ4v) is 3.85. The molecule has 2 rings (SSSR count). The zero-order chi connectivity index (χ0) is 20.0. The molecular weight excluding hydrogens is 342 g/mol. The first-order valence-corrected chi connectivity index (χ1v) is 10.4. The van der Waals surface area contributed by atoms with E-state index in [-0.39, 0.29) is 12.1 Å². The average molecular weight is 382 g/mol. The van der Waals surface area contributed by atoms with Gasteiger partial charge in [0.25, 0.3) is 0 Å². The number of rotatable bonds is 4. The van der Waals surface area contributed by atoms with Gasteiger partial charge in [0, 0.05) is 39.3 Å². The Balaban J connectivity index is 1.77. The maximum Gasteiger partial charge on any atom is 0.407 e. The number of hydrogen-bond acceptors (Lipinski definition) is 4. The van der Waals surface area contributed by atoms with E-state index in [1.807, 2.05) is 27.8 Å². The maximum atomic E-state index is 12.0. The van der Waals surface area contributed by atoms with E-state index in [2.05, 4.69) is 39.3 Å². The van der Waals surface area contributed by atoms with Crippen LogP contribution < -0.4 is 10.6 Å². The van der Waals surface area contributed by atoms with Crippen LogP contribution in [0.25, 0.3) is 0 Å². The number of ether oxygens (including phenoxy) is 1. The number of alkyl carbamates (subject to hydrolysis) is 1. The molecular formula is C20H39N5O2. The maximum absolute atomic E-state index is 12.0. The van der Waals surface area contributed by atoms with Crippen LogP contribution in [0.5, 0.6) is 0 Å². The summed E-state index contributed by atoms with van der Waals surface area (Å²) in [5.74, 6) is 1.60. The summed E-state index contributed by atoms with van der Waals surface area (Å²) < 4.78 is 5.36. The van der Waals surface area contributed by atoms with Gasteiger partial charge >= 0.3 is 6.09 Å². The molecule has 7 heteroatoms. The molecule has 0 radical (unpaired) electrons. The van der Waals surface area contributed by atoms with E-state index in [1.165, 1.54) is 19.4 Å². The Hall–Kier alpha value is -1.50. The summed E-state index contributed by atoms with van der Waals surface area (Å²) in [5, 5.41) is 6.53. The second-order valence-electron chi connectivity index (χ2n) is 9.10. The number of guanidine groups is 1. The Morgan fingerprint density at radius 3 is 2.59 bits per heavy atom. The first-order chi connectivity index (χ1) is 12.7. The van der Waals surface area contributed by atoms with Gasteiger partial charge in [0.2, 0.25) is 0 Å². The molecule has 0 aliphatic carbocycles. The van der Waals surface area contributed by atoms with Gasteiger partial charge < -0.3 is 25.2 Å². The van der Waals surface area contributed by atoms with Crippen molar-refractivity contribution in [3.63, 3.8) is 0 Å². The van der Waals surface area contributed by atoms with E-state index >= 15 is 0 Å². The van der Waals surface area contributed by atoms with Crippen molar-refractivity contribution in [2.45, 2.75) is 71.6 Å². The highest BCUT2D eigenvalue weighted by atomic mass is 16.6. The van der Waals surface area contributed by atoms with Crippen LogP contribution in [0.4, 0.5) is 4.79 Å². The van der Waals surface area contributed by atoms with Gasteiger partial charge in [-0.2, -0.15) is 0 Å². The molecule has 2 unspecified atom stereocenters. The van der Waals surface area contributed by atoms with Crippen LogP contribution in [-0.2, 0) is 4.74 Å². The standard InChI is InChI=1S/C20H39N5O2/c1-15(2)24-10-7-8-16(13-24)12-22-18(21-6)25-11-9-17(14-25)23-19(26)27-20(3,4)5/h15-17H,7-14H2,1-6H3,(H,21,22)(H,23,26). The van der Waals surface area contributed by atoms with Gasteiger partial charge in [0.05, 0.1) is 6.04 Å². The quantitative estimate of drug-likeness (QED) is 0.578. The predicted octanol–water partition coefficient (Wildman–Crippen LogP) is 2.28. The van der Waals surface area contributed by atoms with Gasteiger partial charge in [0.15, 0.2) is 5.96 Å². The minimum Gasteiger partial charge on any atom is -0.444 e. The van der Waals surface area contributed by atoms with Crippen molar-refractivity contribution in [1.29, 1.82) is 0 Å². The van der Waals surface area contributed by atoms with Crippen molar-refractivity contribution in [3.8, 4) is 0 Å². The largest absolute Gasteiger partial charge is 0.444 e. The average Bonchev–Trinajstić information content (AvgIpc) is 3.02. The number of piperidine rings is 1. The smallest absolute Gasteiger partial charge is 0.407 e. The predicted molar refractivity (Wildman–Crippen MR) is 110 cm³/mol. The van der Waals surface area contributed by atoms with Crippen molar-refractivity contribution in [2.24, 2.45) is 10.9 Å². The first kappa shape index (κ1) is 21.8. The molecule has 2 N–H and O–H groups in total. The molecule has 1 amide bonds. The van der Waals surface area contributed by atoms with Crippen LogP contribution in [0.1, 0.15) is 53.9 Å². The van der Waals surface area contributed by atoms with Crippen molar-refractivity contribution in [1.82, 2.24) is 20.4 Å². The normalized spacial score (nSPS) is 25.0. The minimum absolute atomic E-state index is 0.101. The zero-order valence-corrected chi connectivity index (χ0v) is 18.0. The van der Waals surface area contributed by atoms with Crippen LogP contribution in [0.3, 0.4) is 0 Å². The van der Waals surface area contributed by atoms with Crippen molar-refractivity contribution < 1.29 is 9.53 Å². The van der Waals surface area contributed by atoms with Crippen LogP contribution in [0, 0.1) is 5.92 Å². The minimum atomic E-state index is -0.468. The molecule has 156 valence electrons. The number of likely N-dealkylation sites (tertiary alicyclic amines) is 2. The van der Waals surface area contributed by atoms with Gasteiger partial charge in [-0.15, -0.1) is 0 Å². The lowest BCUT2D eigenvalue weighted by molar-refractivity contribution is 0.0507. The third-order valence-corrected chi connectivity index (χ3v) is 5.25. The summed E-state index contributed by atoms with van der Waals surface area (Å²) in [6.07, 6.45) is 3.11. The molecule has 0 spiro atoms. The number of aliphatic imine (C=N–C) groups is 1. The van der Waals surface area contributed by atoms with Crippen LogP contribution in [0.2, 0.25) is 0 Å². The summed E-state index contributed by atoms with van der Waals surface area (Å²) in [7, 11) is 1.83. The van der Waals surface area contributed by atoms with Crippen LogP contribution in [-0.4, -0.2) is 79.3 Å². The molecule has 7 nitrogen and oxygen atoms in total. The molecule has 0 aromatic heterocycles. The summed E-state index contributed by atoms with van der Waals surface area (Å²) in [6, 6.07) is 0.717. The Morgan fingerprint density at radius 1 is 1.22 bits per heavy atom. The summed E-state index contributed by atoms with van der Waals surface area (Å²) in [6.45, 7) is 15.2. The van der Waals surface area contributed by atoms with Gasteiger partial charge in [0.1, 0.15) is 5.60 Å². The van der Waals surface area contributed by atoms with Crippen molar-refractivity contribution >= 4 is 12.1 Å². The molecule has 2 saturated heterocycles. The number of hydrogen-bond donors (Lipinski definition) is 2. The SMILES string of the molecule is CN=C(NCC1CCCN(C(C)C)C1)N1CCC(NC(=O)OC(C)(C)C)C1. The Kier molecular flexibility index (Phi) is 7.77. The lowest BCUT2D eigenvalue weighted by atomic mass is 9.97. The number of carbonyl (C=O) groups is 1. The topological polar surface area (TPSA) is 69.2 Å². The van der Waals surface area contributed by atoms with Gasteiger partial charge in [-0.3, -0.25) is 4.99 Å². The summed E-state index contributed by atoms with van der Waals surface area (Å²) >= 11 is 0. The number of amides is 1. The van der Waals surface area contributed by atoms with E-state index in [1.54, 1.807) is 0 Å². The van der Waals surface area contributed by atoms with E-state index in [4.69, 9.17) is 4.74 Å². The molecule has 0 saturated carbocycles. The molecule has 0 aromatic rings. The van der Waals surface area contributed by atoms with Crippen LogP contribution in [0.15, 0.2) is 4.99 Å². The second-order valence-corrected chi connectivity index (χ2v) is 9.10. The van der Waals surface area contributed by atoms with E-state index < -0.39 is 5.60 Å². The highest BCUT2D eigenvalue weighted by Crippen LogP contribution is 2.18. The third-order valence-electron chi connectivity index (χ3n) is 5.25. The second kappa shape index (κ2) is 9.62. The highest BCUT2D eigenvalue weighted by molar-refractivity contribution is 5.80. The Morgan fingerprint density at radius 2 is 1.96 bits per heavy atom. The molecule has 2 atom stereocenters. The lowest BCUT2D eigenvalue weighted by Gasteiger charge is -2.36. The molecule has 2 heterocycles.